The summed E-state index contributed by atoms with van der Waals surface area (Å²) in [5.41, 5.74) is 0.945. The van der Waals surface area contributed by atoms with Crippen LogP contribution in [0.2, 0.25) is 0 Å². The van der Waals surface area contributed by atoms with E-state index in [0.717, 1.165) is 4.90 Å². The van der Waals surface area contributed by atoms with Gasteiger partial charge in [-0.1, -0.05) is 24.3 Å². The van der Waals surface area contributed by atoms with E-state index < -0.39 is 26.0 Å². The third-order valence-corrected chi connectivity index (χ3v) is 6.67. The van der Waals surface area contributed by atoms with E-state index in [1.54, 1.807) is 30.5 Å². The Hall–Kier alpha value is -4.21. The van der Waals surface area contributed by atoms with Gasteiger partial charge in [-0.25, -0.2) is 4.39 Å². The van der Waals surface area contributed by atoms with Gasteiger partial charge in [-0.2, -0.15) is 0 Å². The number of amides is 2. The second-order valence-corrected chi connectivity index (χ2v) is 9.40. The van der Waals surface area contributed by atoms with Gasteiger partial charge in [0.15, 0.2) is 18.9 Å². The lowest BCUT2D eigenvalue weighted by atomic mass is 10.0. The Morgan fingerprint density at radius 3 is 2.07 bits per heavy atom. The summed E-state index contributed by atoms with van der Waals surface area (Å²) >= 11 is 0. The Kier molecular flexibility index (Phi) is 14.2. The van der Waals surface area contributed by atoms with Crippen LogP contribution in [0.1, 0.15) is 26.3 Å². The molecular formula is C31H34FN2O7P. The van der Waals surface area contributed by atoms with Crippen molar-refractivity contribution >= 4 is 31.1 Å². The number of benzene rings is 2. The van der Waals surface area contributed by atoms with Gasteiger partial charge in [-0.05, 0) is 29.8 Å². The molecule has 2 heterocycles. The van der Waals surface area contributed by atoms with Crippen LogP contribution in [0, 0.1) is 5.82 Å². The molecule has 1 aromatic heterocycles. The fraction of sp³-hybridized carbons (Fsp3) is 0.194. The van der Waals surface area contributed by atoms with Crippen LogP contribution in [0.15, 0.2) is 94.2 Å². The van der Waals surface area contributed by atoms with E-state index in [1.807, 2.05) is 0 Å². The number of methoxy groups -OCH3 is 1. The van der Waals surface area contributed by atoms with Crippen molar-refractivity contribution in [1.82, 2.24) is 9.88 Å². The largest absolute Gasteiger partial charge is 0.483 e. The zero-order valence-electron chi connectivity index (χ0n) is 23.6. The van der Waals surface area contributed by atoms with Crippen molar-refractivity contribution in [2.45, 2.75) is 6.54 Å². The number of fused-ring (bicyclic) bond motifs is 2. The summed E-state index contributed by atoms with van der Waals surface area (Å²) in [7, 11) is -0.0958. The number of ether oxygens (including phenoxy) is 3. The standard InChI is InChI=1S/C27H26FN2O7P.2C2H4/c1-4-13-36-38(37-14-5-2)17-35-24-20-7-6-12-29-23(20)25(34-16-33-3)22-21(24)26(31)30(27(22)32)15-18-8-10-19(28)11-9-18;2*1-2/h4-12H,1-2,13-17H2,3H3;2*1-2H2. The van der Waals surface area contributed by atoms with Gasteiger partial charge in [0.1, 0.15) is 22.6 Å². The molecule has 11 heteroatoms. The molecule has 0 saturated heterocycles. The van der Waals surface area contributed by atoms with Gasteiger partial charge < -0.3 is 23.3 Å². The molecule has 0 radical (unpaired) electrons. The van der Waals surface area contributed by atoms with Gasteiger partial charge in [0, 0.05) is 18.7 Å². The van der Waals surface area contributed by atoms with Gasteiger partial charge >= 0.3 is 0 Å². The number of hydrogen-bond donors (Lipinski definition) is 0. The topological polar surface area (TPSA) is 96.4 Å². The van der Waals surface area contributed by atoms with Crippen molar-refractivity contribution < 1.29 is 37.2 Å². The van der Waals surface area contributed by atoms with Crippen LogP contribution in [0.25, 0.3) is 10.9 Å². The molecule has 0 bridgehead atoms. The lowest BCUT2D eigenvalue weighted by molar-refractivity contribution is 0.0505. The molecule has 1 aliphatic heterocycles. The predicted molar refractivity (Wildman–Crippen MR) is 162 cm³/mol. The summed E-state index contributed by atoms with van der Waals surface area (Å²) < 4.78 is 41.8. The number of halogens is 1. The first kappa shape index (κ1) is 34.0. The Bertz CT molecular complexity index is 1370. The Balaban J connectivity index is 0.00000148. The highest BCUT2D eigenvalue weighted by molar-refractivity contribution is 7.47. The number of aromatic nitrogens is 1. The molecule has 3 aromatic rings. The molecule has 1 aliphatic rings. The van der Waals surface area contributed by atoms with Gasteiger partial charge in [0.25, 0.3) is 11.8 Å². The minimum Gasteiger partial charge on any atom is -0.483 e. The Labute approximate surface area is 246 Å². The maximum absolute atomic E-state index is 13.7. The van der Waals surface area contributed by atoms with E-state index in [1.165, 1.54) is 31.4 Å². The molecule has 2 amide bonds. The first-order chi connectivity index (χ1) is 20.5. The lowest BCUT2D eigenvalue weighted by Crippen LogP contribution is -2.29. The summed E-state index contributed by atoms with van der Waals surface area (Å²) in [5, 5.41) is 0.463. The quantitative estimate of drug-likeness (QED) is 0.0867. The maximum Gasteiger partial charge on any atom is 0.265 e. The maximum atomic E-state index is 13.7. The van der Waals surface area contributed by atoms with Gasteiger partial charge in [0.2, 0.25) is 8.38 Å². The molecule has 0 N–H and O–H groups in total. The average Bonchev–Trinajstić information content (AvgIpc) is 3.27. The monoisotopic (exact) mass is 596 g/mol. The number of carbonyl (C=O) groups is 2. The smallest absolute Gasteiger partial charge is 0.265 e. The summed E-state index contributed by atoms with van der Waals surface area (Å²) in [4.78, 5) is 32.8. The van der Waals surface area contributed by atoms with E-state index in [9.17, 15) is 14.0 Å². The van der Waals surface area contributed by atoms with E-state index >= 15 is 0 Å². The van der Waals surface area contributed by atoms with Crippen LogP contribution < -0.4 is 9.47 Å². The summed E-state index contributed by atoms with van der Waals surface area (Å²) in [6.45, 7) is 19.5. The predicted octanol–water partition coefficient (Wildman–Crippen LogP) is 6.81. The number of carbonyl (C=O) groups excluding carboxylic acids is 2. The first-order valence-electron chi connectivity index (χ1n) is 12.5. The molecule has 0 spiro atoms. The molecule has 0 aliphatic carbocycles. The summed E-state index contributed by atoms with van der Waals surface area (Å²) in [5.74, 6) is -1.33. The van der Waals surface area contributed by atoms with Crippen LogP contribution in [0.3, 0.4) is 0 Å². The van der Waals surface area contributed by atoms with Gasteiger partial charge in [-0.15, -0.1) is 39.5 Å². The van der Waals surface area contributed by atoms with Crippen molar-refractivity contribution in [3.05, 3.63) is 117 Å². The van der Waals surface area contributed by atoms with Crippen molar-refractivity contribution in [3.8, 4) is 11.5 Å². The van der Waals surface area contributed by atoms with Crippen molar-refractivity contribution in [3.63, 3.8) is 0 Å². The lowest BCUT2D eigenvalue weighted by Gasteiger charge is -2.19. The molecule has 0 fully saturated rings. The molecule has 2 aromatic carbocycles. The molecule has 4 rings (SSSR count). The minimum absolute atomic E-state index is 0.0127. The van der Waals surface area contributed by atoms with Crippen LogP contribution in [-0.2, 0) is 20.3 Å². The van der Waals surface area contributed by atoms with E-state index in [2.05, 4.69) is 44.5 Å². The zero-order valence-corrected chi connectivity index (χ0v) is 24.4. The summed E-state index contributed by atoms with van der Waals surface area (Å²) in [6, 6.07) is 8.96. The normalized spacial score (nSPS) is 11.7. The van der Waals surface area contributed by atoms with Crippen LogP contribution in [-0.4, -0.2) is 55.2 Å². The third-order valence-electron chi connectivity index (χ3n) is 5.45. The molecule has 0 saturated carbocycles. The SMILES string of the molecule is C=C.C=C.C=CCOP(COc1c2c(c(OCOC)c3ncccc13)C(=O)N(Cc1ccc(F)cc1)C2=O)OCC=C. The Morgan fingerprint density at radius 1 is 0.905 bits per heavy atom. The second kappa shape index (κ2) is 17.6. The fourth-order valence-corrected chi connectivity index (χ4v) is 4.85. The van der Waals surface area contributed by atoms with E-state index in [4.69, 9.17) is 23.3 Å². The van der Waals surface area contributed by atoms with Crippen LogP contribution >= 0.6 is 8.38 Å². The highest BCUT2D eigenvalue weighted by Crippen LogP contribution is 2.46. The molecular weight excluding hydrogens is 562 g/mol. The molecule has 0 unspecified atom stereocenters. The minimum atomic E-state index is -1.54. The summed E-state index contributed by atoms with van der Waals surface area (Å²) in [6.07, 6.45) is 4.68. The molecule has 9 nitrogen and oxygen atoms in total. The first-order valence-corrected chi connectivity index (χ1v) is 13.9. The van der Waals surface area contributed by atoms with E-state index in [0.29, 0.717) is 16.5 Å². The van der Waals surface area contributed by atoms with Crippen LogP contribution in [0.5, 0.6) is 11.5 Å². The van der Waals surface area contributed by atoms with E-state index in [-0.39, 0.29) is 55.5 Å². The highest BCUT2D eigenvalue weighted by Gasteiger charge is 2.43. The van der Waals surface area contributed by atoms with Crippen molar-refractivity contribution in [2.24, 2.45) is 0 Å². The van der Waals surface area contributed by atoms with Crippen LogP contribution in [0.4, 0.5) is 4.39 Å². The van der Waals surface area contributed by atoms with Gasteiger partial charge in [0.05, 0.1) is 25.3 Å². The fourth-order valence-electron chi connectivity index (χ4n) is 3.84. The number of rotatable bonds is 14. The highest BCUT2D eigenvalue weighted by atomic mass is 31.2. The van der Waals surface area contributed by atoms with Gasteiger partial charge in [-0.3, -0.25) is 19.5 Å². The average molecular weight is 597 g/mol. The molecule has 0 atom stereocenters. The molecule has 222 valence electrons. The van der Waals surface area contributed by atoms with Crippen molar-refractivity contribution in [1.29, 1.82) is 0 Å². The number of pyridine rings is 1. The number of hydrogen-bond acceptors (Lipinski definition) is 8. The second-order valence-electron chi connectivity index (χ2n) is 7.96. The Morgan fingerprint density at radius 2 is 1.50 bits per heavy atom. The number of nitrogens with zero attached hydrogens (tertiary/aromatic N) is 2. The van der Waals surface area contributed by atoms with Crippen molar-refractivity contribution in [2.75, 3.05) is 33.5 Å². The molecule has 42 heavy (non-hydrogen) atoms. The zero-order chi connectivity index (χ0) is 31.1. The number of imide groups is 1. The third kappa shape index (κ3) is 7.96.